The molecule has 0 fully saturated rings. The molecule has 1 unspecified atom stereocenters. The second-order valence-corrected chi connectivity index (χ2v) is 9.56. The number of nitrogens with two attached hydrogens (primary N) is 1. The molecule has 3 rings (SSSR count). The van der Waals surface area contributed by atoms with Crippen LogP contribution < -0.4 is 11.1 Å². The summed E-state index contributed by atoms with van der Waals surface area (Å²) in [5.74, 6) is 0.639. The van der Waals surface area contributed by atoms with Crippen molar-refractivity contribution in [2.75, 3.05) is 23.9 Å². The first-order chi connectivity index (χ1) is 12.5. The number of thioether (sulfide) groups is 1. The monoisotopic (exact) mass is 412 g/mol. The molecule has 140 valence electrons. The number of aromatic nitrogens is 2. The molecule has 10 heteroatoms. The van der Waals surface area contributed by atoms with E-state index in [1.807, 2.05) is 0 Å². The van der Waals surface area contributed by atoms with Crippen LogP contribution in [0.3, 0.4) is 0 Å². The Balaban J connectivity index is 1.66. The van der Waals surface area contributed by atoms with Crippen LogP contribution in [-0.4, -0.2) is 34.9 Å². The smallest absolute Gasteiger partial charge is 0.341 e. The average molecular weight is 413 g/mol. The number of rotatable bonds is 6. The van der Waals surface area contributed by atoms with Crippen LogP contribution in [0.4, 0.5) is 10.1 Å². The molecule has 1 aliphatic rings. The molecule has 0 radical (unpaired) electrons. The van der Waals surface area contributed by atoms with Crippen molar-refractivity contribution in [2.45, 2.75) is 36.9 Å². The predicted octanol–water partition coefficient (Wildman–Crippen LogP) is 3.21. The fraction of sp³-hybridized carbons (Fsp3) is 0.500. The van der Waals surface area contributed by atoms with Gasteiger partial charge in [0, 0.05) is 17.1 Å². The van der Waals surface area contributed by atoms with Crippen molar-refractivity contribution in [1.82, 2.24) is 10.2 Å². The summed E-state index contributed by atoms with van der Waals surface area (Å²) in [5, 5.41) is 11.6. The molecule has 2 aromatic rings. The second-order valence-electron chi connectivity index (χ2n) is 6.10. The third-order valence-electron chi connectivity index (χ3n) is 4.13. The van der Waals surface area contributed by atoms with Crippen molar-refractivity contribution < 1.29 is 14.3 Å². The van der Waals surface area contributed by atoms with Gasteiger partial charge in [-0.15, -0.1) is 21.5 Å². The van der Waals surface area contributed by atoms with Gasteiger partial charge in [-0.25, -0.2) is 4.79 Å². The molecule has 1 aliphatic carbocycles. The number of hydrogen-bond donors (Lipinski definition) is 2. The summed E-state index contributed by atoms with van der Waals surface area (Å²) in [6.07, 6.45) is 3.14. The lowest BCUT2D eigenvalue weighted by molar-refractivity contribution is -0.115. The van der Waals surface area contributed by atoms with Gasteiger partial charge in [0.1, 0.15) is 5.00 Å². The van der Waals surface area contributed by atoms with E-state index in [1.54, 1.807) is 0 Å². The molecule has 7 nitrogen and oxygen atoms in total. The Morgan fingerprint density at radius 1 is 1.38 bits per heavy atom. The molecule has 2 heterocycles. The van der Waals surface area contributed by atoms with Crippen LogP contribution in [0.1, 0.15) is 40.6 Å². The van der Waals surface area contributed by atoms with Gasteiger partial charge in [-0.2, -0.15) is 0 Å². The molecular weight excluding hydrogens is 392 g/mol. The van der Waals surface area contributed by atoms with Gasteiger partial charge < -0.3 is 15.8 Å². The maximum atomic E-state index is 12.3. The Morgan fingerprint density at radius 2 is 2.19 bits per heavy atom. The number of amides is 1. The molecule has 1 amide bonds. The first-order valence-corrected chi connectivity index (χ1v) is 10.8. The van der Waals surface area contributed by atoms with Gasteiger partial charge in [0.2, 0.25) is 11.0 Å². The Morgan fingerprint density at radius 3 is 2.88 bits per heavy atom. The largest absolute Gasteiger partial charge is 0.465 e. The number of nitrogens with one attached hydrogen (secondary N) is 1. The van der Waals surface area contributed by atoms with Crippen LogP contribution in [0, 0.1) is 5.92 Å². The Bertz CT molecular complexity index is 818. The number of hydrogen-bond acceptors (Lipinski definition) is 9. The summed E-state index contributed by atoms with van der Waals surface area (Å²) < 4.78 is 5.68. The zero-order valence-corrected chi connectivity index (χ0v) is 17.0. The SMILES string of the molecule is COC(=O)c1c(NC(=O)CCSc2nnc(N)s2)sc2c1CCC(C)C2. The van der Waals surface area contributed by atoms with E-state index < -0.39 is 0 Å². The number of nitrogen functional groups attached to an aromatic ring is 1. The Kier molecular flexibility index (Phi) is 6.15. The molecule has 0 saturated carbocycles. The fourth-order valence-corrected chi connectivity index (χ4v) is 5.92. The first kappa shape index (κ1) is 19.1. The number of methoxy groups -OCH3 is 1. The highest BCUT2D eigenvalue weighted by Crippen LogP contribution is 2.40. The average Bonchev–Trinajstić information content (AvgIpc) is 3.16. The lowest BCUT2D eigenvalue weighted by atomic mass is 9.88. The minimum absolute atomic E-state index is 0.133. The first-order valence-electron chi connectivity index (χ1n) is 8.22. The van der Waals surface area contributed by atoms with Crippen molar-refractivity contribution in [2.24, 2.45) is 5.92 Å². The molecule has 1 atom stereocenters. The highest BCUT2D eigenvalue weighted by Gasteiger charge is 2.28. The standard InChI is InChI=1S/C16H20N4O3S3/c1-8-3-4-9-10(7-8)25-13(12(9)14(22)23-2)18-11(21)5-6-24-16-20-19-15(17)26-16/h8H,3-7H2,1-2H3,(H2,17,19)(H,18,21). The fourth-order valence-electron chi connectivity index (χ4n) is 2.86. The third-order valence-corrected chi connectivity index (χ3v) is 7.19. The summed E-state index contributed by atoms with van der Waals surface area (Å²) in [6.45, 7) is 2.20. The van der Waals surface area contributed by atoms with Gasteiger partial charge in [0.05, 0.1) is 12.7 Å². The number of anilines is 2. The number of thiophene rings is 1. The van der Waals surface area contributed by atoms with E-state index in [0.717, 1.165) is 29.2 Å². The molecule has 0 aliphatic heterocycles. The lowest BCUT2D eigenvalue weighted by Gasteiger charge is -2.18. The van der Waals surface area contributed by atoms with Crippen molar-refractivity contribution >= 4 is 56.4 Å². The maximum Gasteiger partial charge on any atom is 0.341 e. The van der Waals surface area contributed by atoms with Crippen molar-refractivity contribution in [3.63, 3.8) is 0 Å². The van der Waals surface area contributed by atoms with Gasteiger partial charge in [-0.3, -0.25) is 4.79 Å². The van der Waals surface area contributed by atoms with Gasteiger partial charge in [0.25, 0.3) is 0 Å². The molecule has 0 saturated heterocycles. The van der Waals surface area contributed by atoms with E-state index in [1.165, 1.54) is 46.4 Å². The summed E-state index contributed by atoms with van der Waals surface area (Å²) in [5.41, 5.74) is 7.10. The highest BCUT2D eigenvalue weighted by molar-refractivity contribution is 8.01. The molecule has 26 heavy (non-hydrogen) atoms. The van der Waals surface area contributed by atoms with Gasteiger partial charge in [-0.1, -0.05) is 30.0 Å². The van der Waals surface area contributed by atoms with Gasteiger partial charge in [-0.05, 0) is 30.7 Å². The Labute approximate surface area is 163 Å². The number of nitrogens with zero attached hydrogens (tertiary/aromatic N) is 2. The van der Waals surface area contributed by atoms with E-state index >= 15 is 0 Å². The predicted molar refractivity (Wildman–Crippen MR) is 105 cm³/mol. The lowest BCUT2D eigenvalue weighted by Crippen LogP contribution is -2.16. The van der Waals surface area contributed by atoms with Crippen LogP contribution in [-0.2, 0) is 22.4 Å². The van der Waals surface area contributed by atoms with Crippen molar-refractivity contribution in [3.05, 3.63) is 16.0 Å². The van der Waals surface area contributed by atoms with E-state index in [4.69, 9.17) is 10.5 Å². The normalized spacial score (nSPS) is 16.2. The number of esters is 1. The van der Waals surface area contributed by atoms with Crippen LogP contribution in [0.5, 0.6) is 0 Å². The number of carbonyl (C=O) groups is 2. The summed E-state index contributed by atoms with van der Waals surface area (Å²) in [7, 11) is 1.37. The molecule has 0 aromatic carbocycles. The molecule has 0 bridgehead atoms. The summed E-state index contributed by atoms with van der Waals surface area (Å²) in [4.78, 5) is 25.7. The van der Waals surface area contributed by atoms with Gasteiger partial charge >= 0.3 is 5.97 Å². The minimum atomic E-state index is -0.383. The van der Waals surface area contributed by atoms with Crippen LogP contribution in [0.25, 0.3) is 0 Å². The quantitative estimate of drug-likeness (QED) is 0.554. The number of ether oxygens (including phenoxy) is 1. The van der Waals surface area contributed by atoms with E-state index in [2.05, 4.69) is 22.4 Å². The third kappa shape index (κ3) is 4.36. The molecular formula is C16H20N4O3S3. The van der Waals surface area contributed by atoms with Crippen molar-refractivity contribution in [1.29, 1.82) is 0 Å². The zero-order chi connectivity index (χ0) is 18.7. The highest BCUT2D eigenvalue weighted by atomic mass is 32.2. The topological polar surface area (TPSA) is 107 Å². The summed E-state index contributed by atoms with van der Waals surface area (Å²) >= 11 is 4.23. The number of carbonyl (C=O) groups excluding carboxylic acids is 2. The maximum absolute atomic E-state index is 12.3. The van der Waals surface area contributed by atoms with Gasteiger partial charge in [0.15, 0.2) is 4.34 Å². The van der Waals surface area contributed by atoms with Crippen LogP contribution >= 0.6 is 34.4 Å². The molecule has 3 N–H and O–H groups in total. The van der Waals surface area contributed by atoms with E-state index in [9.17, 15) is 9.59 Å². The van der Waals surface area contributed by atoms with E-state index in [0.29, 0.717) is 33.8 Å². The van der Waals surface area contributed by atoms with Crippen molar-refractivity contribution in [3.8, 4) is 0 Å². The summed E-state index contributed by atoms with van der Waals surface area (Å²) in [6, 6.07) is 0. The molecule has 0 spiro atoms. The molecule has 2 aromatic heterocycles. The van der Waals surface area contributed by atoms with Crippen LogP contribution in [0.2, 0.25) is 0 Å². The Hall–Kier alpha value is -1.65. The second kappa shape index (κ2) is 8.36. The van der Waals surface area contributed by atoms with Crippen LogP contribution in [0.15, 0.2) is 4.34 Å². The minimum Gasteiger partial charge on any atom is -0.465 e. The van der Waals surface area contributed by atoms with E-state index in [-0.39, 0.29) is 11.9 Å². The zero-order valence-electron chi connectivity index (χ0n) is 14.5. The number of fused-ring (bicyclic) bond motifs is 1.